The number of morpholine rings is 1. The van der Waals surface area contributed by atoms with Crippen LogP contribution in [-0.4, -0.2) is 46.9 Å². The summed E-state index contributed by atoms with van der Waals surface area (Å²) in [6, 6.07) is 0.0339. The predicted octanol–water partition coefficient (Wildman–Crippen LogP) is 2.94. The number of aromatic nitrogens is 2. The minimum Gasteiger partial charge on any atom is -0.377 e. The summed E-state index contributed by atoms with van der Waals surface area (Å²) in [5.41, 5.74) is 0. The third-order valence-corrected chi connectivity index (χ3v) is 4.52. The van der Waals surface area contributed by atoms with Crippen LogP contribution in [-0.2, 0) is 4.74 Å². The number of urea groups is 1. The van der Waals surface area contributed by atoms with Crippen molar-refractivity contribution in [1.82, 2.24) is 15.1 Å². The molecule has 0 aliphatic carbocycles. The number of amides is 2. The molecule has 2 rings (SSSR count). The second kappa shape index (κ2) is 7.17. The van der Waals surface area contributed by atoms with Crippen LogP contribution in [0.2, 0.25) is 0 Å². The van der Waals surface area contributed by atoms with Crippen LogP contribution in [0.3, 0.4) is 0 Å². The minimum absolute atomic E-state index is 0.101. The van der Waals surface area contributed by atoms with E-state index < -0.39 is 0 Å². The zero-order valence-electron chi connectivity index (χ0n) is 13.1. The summed E-state index contributed by atoms with van der Waals surface area (Å²) >= 11 is 1.44. The van der Waals surface area contributed by atoms with Gasteiger partial charge in [0.05, 0.1) is 19.3 Å². The number of ether oxygens (including phenoxy) is 1. The lowest BCUT2D eigenvalue weighted by molar-refractivity contribution is 0.00857. The molecule has 1 aliphatic rings. The Hall–Kier alpha value is -1.21. The maximum Gasteiger partial charge on any atom is 0.324 e. The molecule has 118 valence electrons. The van der Waals surface area contributed by atoms with E-state index in [4.69, 9.17) is 4.74 Å². The Morgan fingerprint density at radius 2 is 2.19 bits per heavy atom. The summed E-state index contributed by atoms with van der Waals surface area (Å²) in [4.78, 5) is 14.3. The van der Waals surface area contributed by atoms with Gasteiger partial charge in [0.1, 0.15) is 5.01 Å². The first-order valence-corrected chi connectivity index (χ1v) is 8.27. The van der Waals surface area contributed by atoms with Gasteiger partial charge < -0.3 is 9.64 Å². The highest BCUT2D eigenvalue weighted by Gasteiger charge is 2.28. The molecule has 0 radical (unpaired) electrons. The second-order valence-electron chi connectivity index (χ2n) is 6.08. The molecule has 21 heavy (non-hydrogen) atoms. The standard InChI is InChI=1S/C14H24N4O2S/c1-9(2)7-11-8-20-6-5-18(11)14(19)15-13-17-16-12(21-13)10(3)4/h9-11H,5-8H2,1-4H3,(H,15,17,19)/t11-/m1/s1. The third kappa shape index (κ3) is 4.38. The van der Waals surface area contributed by atoms with Crippen LogP contribution >= 0.6 is 11.3 Å². The summed E-state index contributed by atoms with van der Waals surface area (Å²) in [5.74, 6) is 0.853. The lowest BCUT2D eigenvalue weighted by Crippen LogP contribution is -2.50. The molecule has 1 fully saturated rings. The van der Waals surface area contributed by atoms with E-state index in [0.717, 1.165) is 11.4 Å². The Bertz CT molecular complexity index is 475. The zero-order valence-corrected chi connectivity index (χ0v) is 13.9. The van der Waals surface area contributed by atoms with Gasteiger partial charge in [0, 0.05) is 12.5 Å². The van der Waals surface area contributed by atoms with Crippen LogP contribution in [0.5, 0.6) is 0 Å². The molecule has 1 N–H and O–H groups in total. The number of anilines is 1. The summed E-state index contributed by atoms with van der Waals surface area (Å²) < 4.78 is 5.50. The van der Waals surface area contributed by atoms with Crippen LogP contribution in [0.1, 0.15) is 45.0 Å². The average Bonchev–Trinajstić information content (AvgIpc) is 2.87. The van der Waals surface area contributed by atoms with Gasteiger partial charge in [-0.1, -0.05) is 39.0 Å². The Morgan fingerprint density at radius 1 is 1.43 bits per heavy atom. The highest BCUT2D eigenvalue weighted by Crippen LogP contribution is 2.23. The van der Waals surface area contributed by atoms with Crippen molar-refractivity contribution >= 4 is 22.5 Å². The molecule has 6 nitrogen and oxygen atoms in total. The molecule has 0 saturated carbocycles. The van der Waals surface area contributed by atoms with Crippen LogP contribution in [0.25, 0.3) is 0 Å². The first-order chi connectivity index (χ1) is 9.97. The fourth-order valence-corrected chi connectivity index (χ4v) is 3.08. The number of hydrogen-bond donors (Lipinski definition) is 1. The summed E-state index contributed by atoms with van der Waals surface area (Å²) in [5, 5.41) is 12.5. The highest BCUT2D eigenvalue weighted by atomic mass is 32.1. The van der Waals surface area contributed by atoms with Gasteiger partial charge in [-0.3, -0.25) is 5.32 Å². The van der Waals surface area contributed by atoms with Crippen molar-refractivity contribution < 1.29 is 9.53 Å². The van der Waals surface area contributed by atoms with Gasteiger partial charge in [-0.25, -0.2) is 4.79 Å². The van der Waals surface area contributed by atoms with Crippen molar-refractivity contribution in [2.75, 3.05) is 25.1 Å². The van der Waals surface area contributed by atoms with Gasteiger partial charge in [-0.15, -0.1) is 10.2 Å². The Kier molecular flexibility index (Phi) is 5.52. The van der Waals surface area contributed by atoms with Gasteiger partial charge in [-0.2, -0.15) is 0 Å². The minimum atomic E-state index is -0.101. The lowest BCUT2D eigenvalue weighted by Gasteiger charge is -2.36. The molecule has 1 aromatic heterocycles. The number of rotatable bonds is 4. The van der Waals surface area contributed by atoms with E-state index in [0.29, 0.717) is 36.7 Å². The number of carbonyl (C=O) groups excluding carboxylic acids is 1. The molecule has 0 spiro atoms. The summed E-state index contributed by atoms with van der Waals surface area (Å²) in [6.07, 6.45) is 0.945. The van der Waals surface area contributed by atoms with E-state index in [9.17, 15) is 4.79 Å². The van der Waals surface area contributed by atoms with Crippen molar-refractivity contribution in [3.05, 3.63) is 5.01 Å². The number of nitrogens with one attached hydrogen (secondary N) is 1. The average molecular weight is 312 g/mol. The maximum atomic E-state index is 12.4. The normalized spacial score (nSPS) is 19.3. The number of hydrogen-bond acceptors (Lipinski definition) is 5. The predicted molar refractivity (Wildman–Crippen MR) is 83.8 cm³/mol. The summed E-state index contributed by atoms with van der Waals surface area (Å²) in [6.45, 7) is 10.3. The number of carbonyl (C=O) groups is 1. The molecule has 0 unspecified atom stereocenters. The molecule has 1 aliphatic heterocycles. The molecular weight excluding hydrogens is 288 g/mol. The number of nitrogens with zero attached hydrogens (tertiary/aromatic N) is 3. The molecule has 2 amide bonds. The molecule has 7 heteroatoms. The molecular formula is C14H24N4O2S. The van der Waals surface area contributed by atoms with E-state index in [2.05, 4.69) is 43.2 Å². The monoisotopic (exact) mass is 312 g/mol. The molecule has 2 heterocycles. The van der Waals surface area contributed by atoms with Crippen molar-refractivity contribution in [3.63, 3.8) is 0 Å². The fraction of sp³-hybridized carbons (Fsp3) is 0.786. The first kappa shape index (κ1) is 16.2. The van der Waals surface area contributed by atoms with Crippen molar-refractivity contribution in [2.45, 2.75) is 46.1 Å². The quantitative estimate of drug-likeness (QED) is 0.928. The fourth-order valence-electron chi connectivity index (χ4n) is 2.34. The van der Waals surface area contributed by atoms with E-state index in [1.165, 1.54) is 11.3 Å². The van der Waals surface area contributed by atoms with Gasteiger partial charge in [-0.05, 0) is 12.3 Å². The van der Waals surface area contributed by atoms with Gasteiger partial charge in [0.25, 0.3) is 0 Å². The third-order valence-electron chi connectivity index (χ3n) is 3.38. The first-order valence-electron chi connectivity index (χ1n) is 7.46. The van der Waals surface area contributed by atoms with Gasteiger partial charge in [0.2, 0.25) is 5.13 Å². The van der Waals surface area contributed by atoms with Crippen LogP contribution in [0.4, 0.5) is 9.93 Å². The Labute approximate surface area is 129 Å². The van der Waals surface area contributed by atoms with E-state index in [-0.39, 0.29) is 12.1 Å². The second-order valence-corrected chi connectivity index (χ2v) is 7.09. The van der Waals surface area contributed by atoms with Crippen molar-refractivity contribution in [1.29, 1.82) is 0 Å². The topological polar surface area (TPSA) is 67.3 Å². The van der Waals surface area contributed by atoms with E-state index in [1.54, 1.807) is 0 Å². The molecule has 0 bridgehead atoms. The maximum absolute atomic E-state index is 12.4. The smallest absolute Gasteiger partial charge is 0.324 e. The zero-order chi connectivity index (χ0) is 15.4. The van der Waals surface area contributed by atoms with Crippen LogP contribution in [0.15, 0.2) is 0 Å². The van der Waals surface area contributed by atoms with E-state index >= 15 is 0 Å². The lowest BCUT2D eigenvalue weighted by atomic mass is 10.0. The molecule has 0 aromatic carbocycles. The Balaban J connectivity index is 1.99. The SMILES string of the molecule is CC(C)C[C@@H]1COCCN1C(=O)Nc1nnc(C(C)C)s1. The van der Waals surface area contributed by atoms with Crippen molar-refractivity contribution in [2.24, 2.45) is 5.92 Å². The van der Waals surface area contributed by atoms with Gasteiger partial charge >= 0.3 is 6.03 Å². The Morgan fingerprint density at radius 3 is 2.81 bits per heavy atom. The summed E-state index contributed by atoms with van der Waals surface area (Å²) in [7, 11) is 0. The van der Waals surface area contributed by atoms with E-state index in [1.807, 2.05) is 4.90 Å². The molecule has 1 saturated heterocycles. The molecule has 1 aromatic rings. The molecule has 1 atom stereocenters. The van der Waals surface area contributed by atoms with Crippen molar-refractivity contribution in [3.8, 4) is 0 Å². The largest absolute Gasteiger partial charge is 0.377 e. The highest BCUT2D eigenvalue weighted by molar-refractivity contribution is 7.15. The van der Waals surface area contributed by atoms with Crippen LogP contribution in [0, 0.1) is 5.92 Å². The van der Waals surface area contributed by atoms with Gasteiger partial charge in [0.15, 0.2) is 0 Å². The van der Waals surface area contributed by atoms with Crippen LogP contribution < -0.4 is 5.32 Å².